The number of likely N-dealkylation sites (tertiary alicyclic amines) is 1. The summed E-state index contributed by atoms with van der Waals surface area (Å²) in [6.45, 7) is 0.753. The predicted octanol–water partition coefficient (Wildman–Crippen LogP) is 4.84. The Kier molecular flexibility index (Phi) is 6.93. The highest BCUT2D eigenvalue weighted by molar-refractivity contribution is 5.87. The number of pyridine rings is 1. The number of aliphatic hydroxyl groups excluding tert-OH is 1. The van der Waals surface area contributed by atoms with Crippen LogP contribution in [0.1, 0.15) is 46.8 Å². The second-order valence-electron chi connectivity index (χ2n) is 8.59. The molecule has 35 heavy (non-hydrogen) atoms. The molecule has 0 amide bonds. The summed E-state index contributed by atoms with van der Waals surface area (Å²) in [6.07, 6.45) is -5.16. The average molecular weight is 480 g/mol. The molecule has 6 nitrogen and oxygen atoms in total. The first-order valence-corrected chi connectivity index (χ1v) is 11.1. The SMILES string of the molecule is COc1nc2ccc(C(O)c3ccc(C#N)cc3)cc2c(C#N)c1CN1CCC(C(F)(F)F)CC1. The van der Waals surface area contributed by atoms with E-state index in [4.69, 9.17) is 10.00 Å². The van der Waals surface area contributed by atoms with E-state index in [9.17, 15) is 23.5 Å². The van der Waals surface area contributed by atoms with Gasteiger partial charge in [-0.15, -0.1) is 0 Å². The van der Waals surface area contributed by atoms with Crippen LogP contribution in [0.15, 0.2) is 42.5 Å². The van der Waals surface area contributed by atoms with Crippen molar-refractivity contribution in [3.63, 3.8) is 0 Å². The molecule has 1 saturated heterocycles. The fourth-order valence-corrected chi connectivity index (χ4v) is 4.49. The van der Waals surface area contributed by atoms with Crippen LogP contribution in [-0.4, -0.2) is 41.4 Å². The van der Waals surface area contributed by atoms with Gasteiger partial charge < -0.3 is 9.84 Å². The van der Waals surface area contributed by atoms with E-state index in [0.29, 0.717) is 38.7 Å². The van der Waals surface area contributed by atoms with E-state index in [1.54, 1.807) is 42.5 Å². The standard InChI is InChI=1S/C26H23F3N4O2/c1-35-25-22(15-33-10-8-19(9-11-33)26(27,28)29)21(14-31)20-12-18(6-7-23(20)32-25)24(34)17-4-2-16(13-30)3-5-17/h2-7,12,19,24,34H,8-11,15H2,1H3. The smallest absolute Gasteiger partial charge is 0.391 e. The molecule has 1 aliphatic heterocycles. The summed E-state index contributed by atoms with van der Waals surface area (Å²) in [7, 11) is 1.44. The van der Waals surface area contributed by atoms with Gasteiger partial charge in [-0.25, -0.2) is 4.98 Å². The van der Waals surface area contributed by atoms with Gasteiger partial charge in [0.1, 0.15) is 12.2 Å². The van der Waals surface area contributed by atoms with Gasteiger partial charge in [-0.1, -0.05) is 18.2 Å². The average Bonchev–Trinajstić information content (AvgIpc) is 2.87. The number of hydrogen-bond acceptors (Lipinski definition) is 6. The monoisotopic (exact) mass is 480 g/mol. The number of rotatable bonds is 5. The third-order valence-corrected chi connectivity index (χ3v) is 6.48. The Bertz CT molecular complexity index is 1300. The number of alkyl halides is 3. The lowest BCUT2D eigenvalue weighted by Crippen LogP contribution is -2.38. The maximum Gasteiger partial charge on any atom is 0.391 e. The van der Waals surface area contributed by atoms with Crippen molar-refractivity contribution in [3.8, 4) is 18.0 Å². The van der Waals surface area contributed by atoms with Crippen molar-refractivity contribution in [3.05, 3.63) is 70.3 Å². The van der Waals surface area contributed by atoms with E-state index >= 15 is 0 Å². The number of ether oxygens (including phenoxy) is 1. The highest BCUT2D eigenvalue weighted by atomic mass is 19.4. The zero-order valence-electron chi connectivity index (χ0n) is 19.0. The number of aromatic nitrogens is 1. The Balaban J connectivity index is 1.67. The molecule has 1 atom stereocenters. The molecule has 3 aromatic rings. The van der Waals surface area contributed by atoms with Crippen molar-refractivity contribution in [2.24, 2.45) is 5.92 Å². The summed E-state index contributed by atoms with van der Waals surface area (Å²) in [5.74, 6) is -1.05. The zero-order chi connectivity index (χ0) is 25.2. The minimum atomic E-state index is -4.20. The van der Waals surface area contributed by atoms with Gasteiger partial charge in [-0.2, -0.15) is 23.7 Å². The molecule has 1 fully saturated rings. The Morgan fingerprint density at radius 3 is 2.31 bits per heavy atom. The number of aliphatic hydroxyl groups is 1. The normalized spacial score (nSPS) is 16.0. The first-order chi connectivity index (χ1) is 16.7. The Morgan fingerprint density at radius 1 is 1.09 bits per heavy atom. The number of piperidine rings is 1. The minimum Gasteiger partial charge on any atom is -0.481 e. The summed E-state index contributed by atoms with van der Waals surface area (Å²) < 4.78 is 44.6. The van der Waals surface area contributed by atoms with Gasteiger partial charge in [-0.3, -0.25) is 4.90 Å². The van der Waals surface area contributed by atoms with E-state index < -0.39 is 18.2 Å². The van der Waals surface area contributed by atoms with E-state index in [2.05, 4.69) is 11.1 Å². The van der Waals surface area contributed by atoms with Crippen LogP contribution in [0.5, 0.6) is 5.88 Å². The van der Waals surface area contributed by atoms with Gasteiger partial charge >= 0.3 is 6.18 Å². The molecule has 4 rings (SSSR count). The van der Waals surface area contributed by atoms with Crippen molar-refractivity contribution < 1.29 is 23.0 Å². The molecule has 1 N–H and O–H groups in total. The van der Waals surface area contributed by atoms with Crippen molar-refractivity contribution >= 4 is 10.9 Å². The van der Waals surface area contributed by atoms with Crippen molar-refractivity contribution in [2.75, 3.05) is 20.2 Å². The lowest BCUT2D eigenvalue weighted by Gasteiger charge is -2.33. The molecular weight excluding hydrogens is 457 g/mol. The van der Waals surface area contributed by atoms with Crippen LogP contribution in [0.25, 0.3) is 10.9 Å². The van der Waals surface area contributed by atoms with Crippen LogP contribution < -0.4 is 4.74 Å². The summed E-state index contributed by atoms with van der Waals surface area (Å²) >= 11 is 0. The Labute approximate surface area is 200 Å². The van der Waals surface area contributed by atoms with E-state index in [1.807, 2.05) is 11.0 Å². The third-order valence-electron chi connectivity index (χ3n) is 6.48. The first kappa shape index (κ1) is 24.5. The molecule has 180 valence electrons. The number of benzene rings is 2. The van der Waals surface area contributed by atoms with E-state index in [0.717, 1.165) is 0 Å². The number of methoxy groups -OCH3 is 1. The number of hydrogen-bond donors (Lipinski definition) is 1. The maximum atomic E-state index is 13.0. The van der Waals surface area contributed by atoms with Gasteiger partial charge in [0, 0.05) is 17.5 Å². The van der Waals surface area contributed by atoms with Gasteiger partial charge in [0.2, 0.25) is 5.88 Å². The number of halogens is 3. The van der Waals surface area contributed by atoms with E-state index in [1.165, 1.54) is 7.11 Å². The molecule has 0 saturated carbocycles. The van der Waals surface area contributed by atoms with Crippen molar-refractivity contribution in [1.82, 2.24) is 9.88 Å². The number of fused-ring (bicyclic) bond motifs is 1. The molecule has 1 aliphatic rings. The molecule has 9 heteroatoms. The molecule has 0 spiro atoms. The second-order valence-corrected chi connectivity index (χ2v) is 8.59. The Morgan fingerprint density at radius 2 is 1.74 bits per heavy atom. The Hall–Kier alpha value is -3.66. The van der Waals surface area contributed by atoms with Crippen LogP contribution in [0, 0.1) is 28.6 Å². The lowest BCUT2D eigenvalue weighted by molar-refractivity contribution is -0.185. The van der Waals surface area contributed by atoms with Crippen molar-refractivity contribution in [2.45, 2.75) is 31.7 Å². The molecule has 1 unspecified atom stereocenters. The molecule has 2 aromatic carbocycles. The fraction of sp³-hybridized carbons (Fsp3) is 0.346. The van der Waals surface area contributed by atoms with Crippen LogP contribution in [0.2, 0.25) is 0 Å². The summed E-state index contributed by atoms with van der Waals surface area (Å²) in [6, 6.07) is 15.9. The zero-order valence-corrected chi connectivity index (χ0v) is 19.0. The van der Waals surface area contributed by atoms with Crippen molar-refractivity contribution in [1.29, 1.82) is 10.5 Å². The quantitative estimate of drug-likeness (QED) is 0.562. The topological polar surface area (TPSA) is 93.2 Å². The summed E-state index contributed by atoms with van der Waals surface area (Å²) in [5, 5.41) is 30.4. The van der Waals surface area contributed by atoms with Gasteiger partial charge in [0.15, 0.2) is 0 Å². The van der Waals surface area contributed by atoms with Gasteiger partial charge in [0.25, 0.3) is 0 Å². The molecule has 0 bridgehead atoms. The van der Waals surface area contributed by atoms with Crippen LogP contribution in [-0.2, 0) is 6.54 Å². The first-order valence-electron chi connectivity index (χ1n) is 11.1. The highest BCUT2D eigenvalue weighted by Crippen LogP contribution is 2.36. The second kappa shape index (κ2) is 9.91. The van der Waals surface area contributed by atoms with Crippen LogP contribution in [0.3, 0.4) is 0 Å². The molecule has 1 aromatic heterocycles. The highest BCUT2D eigenvalue weighted by Gasteiger charge is 2.41. The molecular formula is C26H23F3N4O2. The molecule has 2 heterocycles. The van der Waals surface area contributed by atoms with E-state index in [-0.39, 0.29) is 38.4 Å². The lowest BCUT2D eigenvalue weighted by atomic mass is 9.94. The minimum absolute atomic E-state index is 0.00957. The van der Waals surface area contributed by atoms with Crippen LogP contribution in [0.4, 0.5) is 13.2 Å². The van der Waals surface area contributed by atoms with Gasteiger partial charge in [0.05, 0.1) is 35.7 Å². The maximum absolute atomic E-state index is 13.0. The van der Waals surface area contributed by atoms with Gasteiger partial charge in [-0.05, 0) is 61.3 Å². The van der Waals surface area contributed by atoms with Crippen LogP contribution >= 0.6 is 0 Å². The largest absolute Gasteiger partial charge is 0.481 e. The summed E-state index contributed by atoms with van der Waals surface area (Å²) in [5.41, 5.74) is 2.95. The summed E-state index contributed by atoms with van der Waals surface area (Å²) in [4.78, 5) is 6.40. The molecule has 0 aliphatic carbocycles. The predicted molar refractivity (Wildman–Crippen MR) is 122 cm³/mol. The number of nitrogens with zero attached hydrogens (tertiary/aromatic N) is 4. The third kappa shape index (κ3) is 5.07. The number of nitriles is 2. The molecule has 0 radical (unpaired) electrons. The fourth-order valence-electron chi connectivity index (χ4n) is 4.49.